The highest BCUT2D eigenvalue weighted by Crippen LogP contribution is 2.44. The van der Waals surface area contributed by atoms with Crippen molar-refractivity contribution in [1.29, 1.82) is 0 Å². The Hall–Kier alpha value is -0.830. The van der Waals surface area contributed by atoms with Gasteiger partial charge in [0.2, 0.25) is 0 Å². The van der Waals surface area contributed by atoms with Crippen molar-refractivity contribution in [3.05, 3.63) is 18.0 Å². The first-order valence-corrected chi connectivity index (χ1v) is 7.75. The Morgan fingerprint density at radius 2 is 2.32 bits per heavy atom. The molecule has 3 nitrogen and oxygen atoms in total. The first kappa shape index (κ1) is 14.6. The third-order valence-electron chi connectivity index (χ3n) is 4.68. The number of aryl methyl sites for hydroxylation is 1. The second kappa shape index (κ2) is 6.08. The van der Waals surface area contributed by atoms with Crippen molar-refractivity contribution in [3.8, 4) is 0 Å². The fourth-order valence-electron chi connectivity index (χ4n) is 3.58. The molecule has 1 N–H and O–H groups in total. The Morgan fingerprint density at radius 1 is 1.53 bits per heavy atom. The number of nitrogens with one attached hydrogen (secondary N) is 1. The highest BCUT2D eigenvalue weighted by Gasteiger charge is 2.39. The largest absolute Gasteiger partial charge is 0.313 e. The molecule has 3 heteroatoms. The summed E-state index contributed by atoms with van der Waals surface area (Å²) < 4.78 is 1.91. The van der Waals surface area contributed by atoms with Crippen molar-refractivity contribution in [3.63, 3.8) is 0 Å². The summed E-state index contributed by atoms with van der Waals surface area (Å²) in [5.74, 6) is 0.779. The highest BCUT2D eigenvalue weighted by atomic mass is 15.2. The fourth-order valence-corrected chi connectivity index (χ4v) is 3.58. The number of hydrogen-bond donors (Lipinski definition) is 1. The molecule has 1 saturated carbocycles. The standard InChI is InChI=1S/C16H29N3/c1-5-10-17-15(12-13-8-11-19(4)18-13)14-7-6-9-16(14,2)3/h8,11,14-15,17H,5-7,9-10,12H2,1-4H3. The summed E-state index contributed by atoms with van der Waals surface area (Å²) in [7, 11) is 2.00. The summed E-state index contributed by atoms with van der Waals surface area (Å²) in [4.78, 5) is 0. The van der Waals surface area contributed by atoms with Gasteiger partial charge in [-0.25, -0.2) is 0 Å². The molecule has 0 aromatic carbocycles. The third-order valence-corrected chi connectivity index (χ3v) is 4.68. The molecule has 1 aromatic rings. The average molecular weight is 263 g/mol. The molecular weight excluding hydrogens is 234 g/mol. The van der Waals surface area contributed by atoms with Crippen molar-refractivity contribution in [1.82, 2.24) is 15.1 Å². The fraction of sp³-hybridized carbons (Fsp3) is 0.812. The van der Waals surface area contributed by atoms with Gasteiger partial charge in [0.15, 0.2) is 0 Å². The lowest BCUT2D eigenvalue weighted by Crippen LogP contribution is -2.42. The first-order valence-electron chi connectivity index (χ1n) is 7.75. The van der Waals surface area contributed by atoms with E-state index in [2.05, 4.69) is 37.3 Å². The minimum Gasteiger partial charge on any atom is -0.313 e. The smallest absolute Gasteiger partial charge is 0.0640 e. The third kappa shape index (κ3) is 3.59. The zero-order valence-electron chi connectivity index (χ0n) is 12.9. The molecular formula is C16H29N3. The van der Waals surface area contributed by atoms with Crippen LogP contribution in [0.1, 0.15) is 52.1 Å². The second-order valence-electron chi connectivity index (χ2n) is 6.73. The van der Waals surface area contributed by atoms with E-state index in [9.17, 15) is 0 Å². The molecule has 1 heterocycles. The molecule has 1 aromatic heterocycles. The summed E-state index contributed by atoms with van der Waals surface area (Å²) >= 11 is 0. The van der Waals surface area contributed by atoms with Gasteiger partial charge >= 0.3 is 0 Å². The van der Waals surface area contributed by atoms with Crippen molar-refractivity contribution in [2.75, 3.05) is 6.54 Å². The van der Waals surface area contributed by atoms with Crippen LogP contribution in [0.5, 0.6) is 0 Å². The lowest BCUT2D eigenvalue weighted by Gasteiger charge is -2.34. The SMILES string of the molecule is CCCNC(Cc1ccn(C)n1)C1CCCC1(C)C. The zero-order chi connectivity index (χ0) is 13.9. The monoisotopic (exact) mass is 263 g/mol. The molecule has 2 atom stereocenters. The van der Waals surface area contributed by atoms with Gasteiger partial charge in [-0.1, -0.05) is 27.2 Å². The van der Waals surface area contributed by atoms with Gasteiger partial charge in [0.05, 0.1) is 5.69 Å². The average Bonchev–Trinajstić information content (AvgIpc) is 2.90. The number of nitrogens with zero attached hydrogens (tertiary/aromatic N) is 2. The van der Waals surface area contributed by atoms with Gasteiger partial charge in [-0.15, -0.1) is 0 Å². The van der Waals surface area contributed by atoms with E-state index >= 15 is 0 Å². The van der Waals surface area contributed by atoms with Crippen LogP contribution in [-0.4, -0.2) is 22.4 Å². The van der Waals surface area contributed by atoms with Crippen LogP contribution in [0.3, 0.4) is 0 Å². The molecule has 0 saturated heterocycles. The molecule has 19 heavy (non-hydrogen) atoms. The minimum absolute atomic E-state index is 0.472. The molecule has 108 valence electrons. The molecule has 0 spiro atoms. The van der Waals surface area contributed by atoms with Crippen LogP contribution in [0.15, 0.2) is 12.3 Å². The van der Waals surface area contributed by atoms with Crippen molar-refractivity contribution in [2.45, 2.75) is 58.9 Å². The van der Waals surface area contributed by atoms with Gasteiger partial charge < -0.3 is 5.32 Å². The van der Waals surface area contributed by atoms with Gasteiger partial charge in [0.25, 0.3) is 0 Å². The lowest BCUT2D eigenvalue weighted by molar-refractivity contribution is 0.195. The van der Waals surface area contributed by atoms with Gasteiger partial charge in [-0.05, 0) is 43.2 Å². The van der Waals surface area contributed by atoms with Crippen molar-refractivity contribution < 1.29 is 0 Å². The van der Waals surface area contributed by atoms with Gasteiger partial charge in [0.1, 0.15) is 0 Å². The topological polar surface area (TPSA) is 29.9 Å². The van der Waals surface area contributed by atoms with E-state index in [4.69, 9.17) is 0 Å². The van der Waals surface area contributed by atoms with Crippen LogP contribution in [0.2, 0.25) is 0 Å². The first-order chi connectivity index (χ1) is 9.03. The van der Waals surface area contributed by atoms with Crippen LogP contribution in [-0.2, 0) is 13.5 Å². The lowest BCUT2D eigenvalue weighted by atomic mass is 9.76. The Labute approximate surface area is 117 Å². The van der Waals surface area contributed by atoms with E-state index in [-0.39, 0.29) is 0 Å². The molecule has 2 rings (SSSR count). The van der Waals surface area contributed by atoms with Crippen LogP contribution >= 0.6 is 0 Å². The summed E-state index contributed by atoms with van der Waals surface area (Å²) in [5.41, 5.74) is 1.69. The van der Waals surface area contributed by atoms with Crippen molar-refractivity contribution >= 4 is 0 Å². The Balaban J connectivity index is 2.07. The summed E-state index contributed by atoms with van der Waals surface area (Å²) in [6.07, 6.45) is 8.42. The zero-order valence-corrected chi connectivity index (χ0v) is 12.9. The van der Waals surface area contributed by atoms with Gasteiger partial charge in [0, 0.05) is 25.7 Å². The van der Waals surface area contributed by atoms with Crippen LogP contribution in [0, 0.1) is 11.3 Å². The Bertz CT molecular complexity index is 394. The second-order valence-corrected chi connectivity index (χ2v) is 6.73. The number of aromatic nitrogens is 2. The molecule has 0 radical (unpaired) electrons. The normalized spacial score (nSPS) is 23.7. The summed E-state index contributed by atoms with van der Waals surface area (Å²) in [6.45, 7) is 8.22. The maximum atomic E-state index is 4.55. The van der Waals surface area contributed by atoms with E-state index < -0.39 is 0 Å². The predicted octanol–water partition coefficient (Wildman–Crippen LogP) is 3.16. The van der Waals surface area contributed by atoms with Crippen LogP contribution < -0.4 is 5.32 Å². The quantitative estimate of drug-likeness (QED) is 0.854. The van der Waals surface area contributed by atoms with E-state index in [0.717, 1.165) is 18.9 Å². The molecule has 0 aliphatic heterocycles. The van der Waals surface area contributed by atoms with Crippen molar-refractivity contribution in [2.24, 2.45) is 18.4 Å². The van der Waals surface area contributed by atoms with E-state index in [1.165, 1.54) is 31.4 Å². The Kier molecular flexibility index (Phi) is 4.67. The Morgan fingerprint density at radius 3 is 2.84 bits per heavy atom. The predicted molar refractivity (Wildman–Crippen MR) is 80.1 cm³/mol. The molecule has 1 aliphatic rings. The highest BCUT2D eigenvalue weighted by molar-refractivity contribution is 5.04. The summed E-state index contributed by atoms with van der Waals surface area (Å²) in [5, 5.41) is 8.33. The maximum absolute atomic E-state index is 4.55. The minimum atomic E-state index is 0.472. The van der Waals surface area contributed by atoms with Gasteiger partial charge in [-0.2, -0.15) is 5.10 Å². The van der Waals surface area contributed by atoms with Crippen LogP contribution in [0.4, 0.5) is 0 Å². The molecule has 1 fully saturated rings. The molecule has 2 unspecified atom stereocenters. The number of hydrogen-bond acceptors (Lipinski definition) is 2. The molecule has 0 bridgehead atoms. The van der Waals surface area contributed by atoms with E-state index in [0.29, 0.717) is 11.5 Å². The molecule has 0 amide bonds. The summed E-state index contributed by atoms with van der Waals surface area (Å²) in [6, 6.07) is 2.73. The molecule has 1 aliphatic carbocycles. The van der Waals surface area contributed by atoms with E-state index in [1.807, 2.05) is 17.9 Å². The number of rotatable bonds is 6. The van der Waals surface area contributed by atoms with E-state index in [1.54, 1.807) is 0 Å². The maximum Gasteiger partial charge on any atom is 0.0640 e. The van der Waals surface area contributed by atoms with Gasteiger partial charge in [-0.3, -0.25) is 4.68 Å². The van der Waals surface area contributed by atoms with Crippen LogP contribution in [0.25, 0.3) is 0 Å².